The second-order valence-electron chi connectivity index (χ2n) is 8.04. The highest BCUT2D eigenvalue weighted by molar-refractivity contribution is 5.92. The first-order chi connectivity index (χ1) is 12.5. The minimum absolute atomic E-state index is 0.0865. The van der Waals surface area contributed by atoms with E-state index < -0.39 is 0 Å². The van der Waals surface area contributed by atoms with Crippen LogP contribution in [0.25, 0.3) is 16.3 Å². The zero-order chi connectivity index (χ0) is 18.3. The van der Waals surface area contributed by atoms with Crippen LogP contribution >= 0.6 is 0 Å². The van der Waals surface area contributed by atoms with Gasteiger partial charge in [-0.05, 0) is 28.3 Å². The van der Waals surface area contributed by atoms with Crippen molar-refractivity contribution in [1.82, 2.24) is 0 Å². The topological polar surface area (TPSA) is 26.0 Å². The molecule has 2 aliphatic carbocycles. The molecule has 2 unspecified atom stereocenters. The Balaban J connectivity index is 1.87. The lowest BCUT2D eigenvalue weighted by atomic mass is 9.80. The Bertz CT molecular complexity index is 969. The number of nitrogens with two attached hydrogens (primary N) is 1. The van der Waals surface area contributed by atoms with E-state index >= 15 is 0 Å². The predicted octanol–water partition coefficient (Wildman–Crippen LogP) is 6.03. The fourth-order valence-corrected chi connectivity index (χ4v) is 4.21. The van der Waals surface area contributed by atoms with E-state index in [0.717, 1.165) is 12.1 Å². The van der Waals surface area contributed by atoms with Crippen molar-refractivity contribution < 1.29 is 0 Å². The Morgan fingerprint density at radius 3 is 2.54 bits per heavy atom. The second-order valence-corrected chi connectivity index (χ2v) is 8.04. The maximum absolute atomic E-state index is 6.73. The molecule has 0 saturated carbocycles. The third kappa shape index (κ3) is 2.82. The van der Waals surface area contributed by atoms with E-state index in [2.05, 4.69) is 93.6 Å². The predicted molar refractivity (Wildman–Crippen MR) is 113 cm³/mol. The lowest BCUT2D eigenvalue weighted by molar-refractivity contribution is 0.625. The van der Waals surface area contributed by atoms with Crippen molar-refractivity contribution in [2.45, 2.75) is 27.2 Å². The van der Waals surface area contributed by atoms with Crippen molar-refractivity contribution in [3.05, 3.63) is 89.7 Å². The molecule has 2 aromatic carbocycles. The Labute approximate surface area is 156 Å². The van der Waals surface area contributed by atoms with Gasteiger partial charge in [-0.2, -0.15) is 0 Å². The first-order valence-corrected chi connectivity index (χ1v) is 9.58. The van der Waals surface area contributed by atoms with E-state index in [9.17, 15) is 0 Å². The van der Waals surface area contributed by atoms with Crippen LogP contribution in [-0.4, -0.2) is 0 Å². The molecule has 0 heterocycles. The summed E-state index contributed by atoms with van der Waals surface area (Å²) in [6.45, 7) is 6.70. The summed E-state index contributed by atoms with van der Waals surface area (Å²) in [7, 11) is 0. The zero-order valence-electron chi connectivity index (χ0n) is 15.9. The molecular formula is C25H27N. The Morgan fingerprint density at radius 2 is 1.73 bits per heavy atom. The summed E-state index contributed by atoms with van der Waals surface area (Å²) >= 11 is 0. The SMILES string of the molecule is CCc1c(C2=C(N)C3C=CC(C)(C)C=CC3C=C2)ccc2ccccc12. The number of rotatable bonds is 2. The van der Waals surface area contributed by atoms with Gasteiger partial charge in [0.15, 0.2) is 0 Å². The maximum atomic E-state index is 6.73. The number of aryl methyl sites for hydroxylation is 1. The highest BCUT2D eigenvalue weighted by Crippen LogP contribution is 2.39. The van der Waals surface area contributed by atoms with Crippen molar-refractivity contribution in [1.29, 1.82) is 0 Å². The van der Waals surface area contributed by atoms with E-state index in [0.29, 0.717) is 5.92 Å². The largest absolute Gasteiger partial charge is 0.401 e. The van der Waals surface area contributed by atoms with Crippen LogP contribution in [0, 0.1) is 17.3 Å². The first-order valence-electron chi connectivity index (χ1n) is 9.58. The molecule has 0 spiro atoms. The quantitative estimate of drug-likeness (QED) is 0.663. The number of allylic oxidation sites excluding steroid dienone is 7. The van der Waals surface area contributed by atoms with Gasteiger partial charge in [0.1, 0.15) is 0 Å². The van der Waals surface area contributed by atoms with Gasteiger partial charge in [-0.15, -0.1) is 0 Å². The average molecular weight is 341 g/mol. The molecule has 0 fully saturated rings. The molecule has 0 aromatic heterocycles. The molecule has 0 saturated heterocycles. The third-order valence-electron chi connectivity index (χ3n) is 5.74. The van der Waals surface area contributed by atoms with E-state index in [1.54, 1.807) is 0 Å². The van der Waals surface area contributed by atoms with Crippen molar-refractivity contribution in [3.63, 3.8) is 0 Å². The van der Waals surface area contributed by atoms with E-state index in [-0.39, 0.29) is 11.3 Å². The summed E-state index contributed by atoms with van der Waals surface area (Å²) in [5, 5.41) is 2.63. The molecule has 1 nitrogen and oxygen atoms in total. The van der Waals surface area contributed by atoms with E-state index in [1.807, 2.05) is 0 Å². The summed E-state index contributed by atoms with van der Waals surface area (Å²) in [6, 6.07) is 13.1. The molecule has 132 valence electrons. The van der Waals surface area contributed by atoms with Crippen molar-refractivity contribution in [2.24, 2.45) is 23.0 Å². The summed E-state index contributed by atoms with van der Waals surface area (Å²) in [5.74, 6) is 0.589. The Kier molecular flexibility index (Phi) is 4.11. The fraction of sp³-hybridized carbons (Fsp3) is 0.280. The minimum Gasteiger partial charge on any atom is -0.401 e. The van der Waals surface area contributed by atoms with Crippen molar-refractivity contribution in [3.8, 4) is 0 Å². The molecule has 2 aliphatic rings. The van der Waals surface area contributed by atoms with E-state index in [1.165, 1.54) is 27.5 Å². The van der Waals surface area contributed by atoms with Crippen LogP contribution in [0.5, 0.6) is 0 Å². The van der Waals surface area contributed by atoms with Gasteiger partial charge in [0.25, 0.3) is 0 Å². The Morgan fingerprint density at radius 1 is 0.962 bits per heavy atom. The number of hydrogen-bond acceptors (Lipinski definition) is 1. The summed E-state index contributed by atoms with van der Waals surface area (Å²) < 4.78 is 0. The normalized spacial score (nSPS) is 24.0. The second kappa shape index (κ2) is 6.32. The average Bonchev–Trinajstić information content (AvgIpc) is 2.80. The number of fused-ring (bicyclic) bond motifs is 2. The molecule has 0 amide bonds. The molecule has 2 aromatic rings. The monoisotopic (exact) mass is 341 g/mol. The summed E-state index contributed by atoms with van der Waals surface area (Å²) in [6.07, 6.45) is 14.7. The van der Waals surface area contributed by atoms with Gasteiger partial charge in [0.05, 0.1) is 0 Å². The van der Waals surface area contributed by atoms with Crippen LogP contribution in [0.1, 0.15) is 31.9 Å². The summed E-state index contributed by atoms with van der Waals surface area (Å²) in [4.78, 5) is 0. The van der Waals surface area contributed by atoms with Gasteiger partial charge in [-0.25, -0.2) is 0 Å². The first kappa shape index (κ1) is 16.9. The van der Waals surface area contributed by atoms with Gasteiger partial charge in [-0.3, -0.25) is 0 Å². The van der Waals surface area contributed by atoms with Crippen LogP contribution in [0.15, 0.2) is 78.6 Å². The smallest absolute Gasteiger partial charge is 0.0268 e. The highest BCUT2D eigenvalue weighted by atomic mass is 14.6. The zero-order valence-corrected chi connectivity index (χ0v) is 15.9. The minimum atomic E-state index is 0.0865. The lowest BCUT2D eigenvalue weighted by Crippen LogP contribution is -2.21. The maximum Gasteiger partial charge on any atom is 0.0268 e. The van der Waals surface area contributed by atoms with Gasteiger partial charge in [0, 0.05) is 28.5 Å². The molecular weight excluding hydrogens is 314 g/mol. The number of hydrogen-bond donors (Lipinski definition) is 1. The Hall–Kier alpha value is -2.54. The van der Waals surface area contributed by atoms with Crippen LogP contribution in [-0.2, 0) is 6.42 Å². The van der Waals surface area contributed by atoms with Gasteiger partial charge in [-0.1, -0.05) is 93.6 Å². The van der Waals surface area contributed by atoms with Crippen molar-refractivity contribution >= 4 is 16.3 Å². The molecule has 1 heteroatoms. The van der Waals surface area contributed by atoms with Crippen LogP contribution in [0.4, 0.5) is 0 Å². The molecule has 2 atom stereocenters. The molecule has 4 rings (SSSR count). The molecule has 0 bridgehead atoms. The van der Waals surface area contributed by atoms with Gasteiger partial charge in [0.2, 0.25) is 0 Å². The van der Waals surface area contributed by atoms with Gasteiger partial charge < -0.3 is 5.73 Å². The molecule has 0 radical (unpaired) electrons. The molecule has 2 N–H and O–H groups in total. The van der Waals surface area contributed by atoms with Gasteiger partial charge >= 0.3 is 0 Å². The van der Waals surface area contributed by atoms with Crippen LogP contribution < -0.4 is 5.73 Å². The molecule has 0 aliphatic heterocycles. The van der Waals surface area contributed by atoms with Crippen LogP contribution in [0.3, 0.4) is 0 Å². The number of benzene rings is 2. The van der Waals surface area contributed by atoms with Crippen molar-refractivity contribution in [2.75, 3.05) is 0 Å². The third-order valence-corrected chi connectivity index (χ3v) is 5.74. The van der Waals surface area contributed by atoms with E-state index in [4.69, 9.17) is 5.73 Å². The molecule has 26 heavy (non-hydrogen) atoms. The standard InChI is InChI=1S/C25H27N/c1-4-19-20-8-6-5-7-17(20)9-11-22(19)23-12-10-18-13-15-25(2,3)16-14-21(18)24(23)26/h5-16,18,21H,4,26H2,1-3H3. The fourth-order valence-electron chi connectivity index (χ4n) is 4.21. The highest BCUT2D eigenvalue weighted by Gasteiger charge is 2.27. The summed E-state index contributed by atoms with van der Waals surface area (Å²) in [5.41, 5.74) is 11.7. The lowest BCUT2D eigenvalue weighted by Gasteiger charge is -2.27. The van der Waals surface area contributed by atoms with Crippen LogP contribution in [0.2, 0.25) is 0 Å².